The van der Waals surface area contributed by atoms with Crippen LogP contribution >= 0.6 is 23.1 Å². The van der Waals surface area contributed by atoms with Crippen molar-refractivity contribution in [2.24, 2.45) is 17.8 Å². The highest BCUT2D eigenvalue weighted by Crippen LogP contribution is 2.64. The van der Waals surface area contributed by atoms with E-state index in [2.05, 4.69) is 17.4 Å². The monoisotopic (exact) mass is 528 g/mol. The molecule has 5 atom stereocenters. The lowest BCUT2D eigenvalue weighted by molar-refractivity contribution is -0.116. The zero-order valence-electron chi connectivity index (χ0n) is 20.6. The van der Waals surface area contributed by atoms with Crippen LogP contribution in [0.2, 0.25) is 0 Å². The Balaban J connectivity index is 1.26. The SMILES string of the molecule is COc1ccccc1[C@@H]1c2sc(=O)n(CC(=O)Nc3cccc4ccccc34)c2SC2C3CCC(C3)C21. The number of amides is 1. The minimum atomic E-state index is -0.177. The molecule has 5 nitrogen and oxygen atoms in total. The molecule has 0 saturated heterocycles. The van der Waals surface area contributed by atoms with Crippen molar-refractivity contribution in [2.45, 2.75) is 42.0 Å². The quantitative estimate of drug-likeness (QED) is 0.327. The number of hydrogen-bond donors (Lipinski definition) is 1. The summed E-state index contributed by atoms with van der Waals surface area (Å²) in [6.07, 6.45) is 3.81. The van der Waals surface area contributed by atoms with Gasteiger partial charge in [0.1, 0.15) is 12.3 Å². The van der Waals surface area contributed by atoms with Crippen molar-refractivity contribution in [1.82, 2.24) is 4.57 Å². The number of rotatable bonds is 5. The molecule has 1 aromatic heterocycles. The number of ether oxygens (including phenoxy) is 1. The van der Waals surface area contributed by atoms with E-state index in [0.29, 0.717) is 23.0 Å². The lowest BCUT2D eigenvalue weighted by atomic mass is 9.74. The predicted octanol–water partition coefficient (Wildman–Crippen LogP) is 6.36. The van der Waals surface area contributed by atoms with Gasteiger partial charge in [0.05, 0.1) is 12.1 Å². The summed E-state index contributed by atoms with van der Waals surface area (Å²) in [7, 11) is 1.72. The average Bonchev–Trinajstić information content (AvgIpc) is 3.62. The van der Waals surface area contributed by atoms with Gasteiger partial charge in [-0.2, -0.15) is 0 Å². The summed E-state index contributed by atoms with van der Waals surface area (Å²) in [5.41, 5.74) is 1.94. The molecule has 2 heterocycles. The Hall–Kier alpha value is -3.03. The number of thioether (sulfide) groups is 1. The van der Waals surface area contributed by atoms with Gasteiger partial charge in [0.25, 0.3) is 0 Å². The van der Waals surface area contributed by atoms with Gasteiger partial charge in [0, 0.05) is 32.7 Å². The minimum Gasteiger partial charge on any atom is -0.496 e. The van der Waals surface area contributed by atoms with E-state index >= 15 is 0 Å². The van der Waals surface area contributed by atoms with Crippen LogP contribution in [0.25, 0.3) is 10.8 Å². The number of nitrogens with one attached hydrogen (secondary N) is 1. The third-order valence-corrected chi connectivity index (χ3v) is 11.4. The number of nitrogens with zero attached hydrogens (tertiary/aromatic N) is 1. The van der Waals surface area contributed by atoms with E-state index in [4.69, 9.17) is 4.74 Å². The molecule has 1 amide bonds. The maximum atomic E-state index is 13.4. The summed E-state index contributed by atoms with van der Waals surface area (Å²) < 4.78 is 7.51. The van der Waals surface area contributed by atoms with Crippen molar-refractivity contribution in [1.29, 1.82) is 0 Å². The van der Waals surface area contributed by atoms with E-state index in [0.717, 1.165) is 32.1 Å². The van der Waals surface area contributed by atoms with E-state index in [9.17, 15) is 9.59 Å². The second-order valence-electron chi connectivity index (χ2n) is 10.4. The molecule has 2 fully saturated rings. The van der Waals surface area contributed by atoms with Crippen LogP contribution in [0.1, 0.15) is 35.6 Å². The number of benzene rings is 3. The van der Waals surface area contributed by atoms with E-state index < -0.39 is 0 Å². The van der Waals surface area contributed by atoms with Crippen LogP contribution in [0.5, 0.6) is 5.75 Å². The molecule has 7 heteroatoms. The fourth-order valence-corrected chi connectivity index (χ4v) is 10.2. The molecule has 0 spiro atoms. The van der Waals surface area contributed by atoms with Crippen LogP contribution in [0.15, 0.2) is 76.6 Å². The number of carbonyl (C=O) groups excluding carboxylic acids is 1. The molecule has 37 heavy (non-hydrogen) atoms. The fraction of sp³-hybridized carbons (Fsp3) is 0.333. The first-order valence-corrected chi connectivity index (χ1v) is 14.6. The molecular formula is C30H28N2O3S2. The molecule has 2 bridgehead atoms. The molecule has 0 radical (unpaired) electrons. The van der Waals surface area contributed by atoms with Gasteiger partial charge in [0.15, 0.2) is 0 Å². The van der Waals surface area contributed by atoms with Gasteiger partial charge in [-0.15, -0.1) is 11.8 Å². The summed E-state index contributed by atoms with van der Waals surface area (Å²) in [4.78, 5) is 27.7. The topological polar surface area (TPSA) is 60.3 Å². The molecule has 188 valence electrons. The lowest BCUT2D eigenvalue weighted by Gasteiger charge is -2.40. The van der Waals surface area contributed by atoms with Crippen molar-refractivity contribution in [3.8, 4) is 5.75 Å². The fourth-order valence-electron chi connectivity index (χ4n) is 7.03. The van der Waals surface area contributed by atoms with Crippen LogP contribution in [0, 0.1) is 17.8 Å². The largest absolute Gasteiger partial charge is 0.496 e. The molecular weight excluding hydrogens is 500 g/mol. The number of hydrogen-bond acceptors (Lipinski definition) is 5. The van der Waals surface area contributed by atoms with Gasteiger partial charge in [0.2, 0.25) is 5.91 Å². The summed E-state index contributed by atoms with van der Waals surface area (Å²) >= 11 is 3.17. The van der Waals surface area contributed by atoms with Crippen LogP contribution in [-0.4, -0.2) is 22.8 Å². The maximum absolute atomic E-state index is 13.4. The number of fused-ring (bicyclic) bond motifs is 7. The van der Waals surface area contributed by atoms with Crippen molar-refractivity contribution in [3.63, 3.8) is 0 Å². The number of carbonyl (C=O) groups is 1. The Morgan fingerprint density at radius 3 is 2.70 bits per heavy atom. The van der Waals surface area contributed by atoms with Gasteiger partial charge in [-0.05, 0) is 54.5 Å². The van der Waals surface area contributed by atoms with Crippen LogP contribution < -0.4 is 14.9 Å². The van der Waals surface area contributed by atoms with E-state index in [-0.39, 0.29) is 23.2 Å². The highest BCUT2D eigenvalue weighted by Gasteiger charge is 2.55. The molecule has 4 unspecified atom stereocenters. The van der Waals surface area contributed by atoms with E-state index in [1.54, 1.807) is 11.7 Å². The number of methoxy groups -OCH3 is 1. The third kappa shape index (κ3) is 3.74. The van der Waals surface area contributed by atoms with Gasteiger partial charge >= 0.3 is 4.87 Å². The molecule has 2 aliphatic carbocycles. The Morgan fingerprint density at radius 2 is 1.81 bits per heavy atom. The Morgan fingerprint density at radius 1 is 1.03 bits per heavy atom. The maximum Gasteiger partial charge on any atom is 0.308 e. The van der Waals surface area contributed by atoms with Gasteiger partial charge < -0.3 is 10.1 Å². The van der Waals surface area contributed by atoms with E-state index in [1.165, 1.54) is 36.2 Å². The second kappa shape index (κ2) is 9.07. The molecule has 3 aliphatic rings. The first-order valence-electron chi connectivity index (χ1n) is 12.9. The van der Waals surface area contributed by atoms with Crippen molar-refractivity contribution in [2.75, 3.05) is 12.4 Å². The Kier molecular flexibility index (Phi) is 5.66. The number of anilines is 1. The van der Waals surface area contributed by atoms with Crippen molar-refractivity contribution >= 4 is 45.5 Å². The molecule has 4 aromatic rings. The lowest BCUT2D eigenvalue weighted by Crippen LogP contribution is -2.35. The summed E-state index contributed by atoms with van der Waals surface area (Å²) in [5, 5.41) is 6.59. The average molecular weight is 529 g/mol. The number of thiazole rings is 1. The van der Waals surface area contributed by atoms with Crippen LogP contribution in [0.3, 0.4) is 0 Å². The highest BCUT2D eigenvalue weighted by molar-refractivity contribution is 8.00. The Labute approximate surface area is 223 Å². The second-order valence-corrected chi connectivity index (χ2v) is 12.6. The predicted molar refractivity (Wildman–Crippen MR) is 150 cm³/mol. The van der Waals surface area contributed by atoms with Gasteiger partial charge in [-0.3, -0.25) is 14.2 Å². The zero-order chi connectivity index (χ0) is 25.1. The minimum absolute atomic E-state index is 0.0189. The molecule has 2 saturated carbocycles. The number of aromatic nitrogens is 1. The van der Waals surface area contributed by atoms with Crippen LogP contribution in [0.4, 0.5) is 5.69 Å². The highest BCUT2D eigenvalue weighted by atomic mass is 32.2. The molecule has 1 aliphatic heterocycles. The summed E-state index contributed by atoms with van der Waals surface area (Å²) in [5.74, 6) is 2.71. The first kappa shape index (κ1) is 23.1. The molecule has 1 N–H and O–H groups in total. The standard InChI is InChI=1S/C30H28N2O3S2/c1-35-23-12-5-4-10-21(23)26-25-18-13-14-19(15-18)27(25)36-29-28(26)37-30(34)32(29)16-24(33)31-22-11-6-8-17-7-2-3-9-20(17)22/h2-12,18-19,25-27H,13-16H2,1H3,(H,31,33)/t18?,19?,25?,26-,27?/m0/s1. The van der Waals surface area contributed by atoms with Crippen molar-refractivity contribution < 1.29 is 9.53 Å². The van der Waals surface area contributed by atoms with E-state index in [1.807, 2.05) is 66.4 Å². The smallest absolute Gasteiger partial charge is 0.308 e. The van der Waals surface area contributed by atoms with Gasteiger partial charge in [-0.1, -0.05) is 65.9 Å². The normalized spacial score (nSPS) is 25.6. The molecule has 3 aromatic carbocycles. The van der Waals surface area contributed by atoms with Crippen molar-refractivity contribution in [3.05, 3.63) is 86.8 Å². The first-order chi connectivity index (χ1) is 18.1. The number of para-hydroxylation sites is 1. The Bertz CT molecular complexity index is 1570. The zero-order valence-corrected chi connectivity index (χ0v) is 22.2. The van der Waals surface area contributed by atoms with Crippen LogP contribution in [-0.2, 0) is 11.3 Å². The summed E-state index contributed by atoms with van der Waals surface area (Å²) in [6.45, 7) is 0.0189. The molecule has 7 rings (SSSR count). The van der Waals surface area contributed by atoms with Gasteiger partial charge in [-0.25, -0.2) is 0 Å². The third-order valence-electron chi connectivity index (χ3n) is 8.53. The summed E-state index contributed by atoms with van der Waals surface area (Å²) in [6, 6.07) is 22.1.